The zero-order valence-electron chi connectivity index (χ0n) is 23.4. The van der Waals surface area contributed by atoms with Gasteiger partial charge < -0.3 is 23.8 Å². The number of anilines is 1. The van der Waals surface area contributed by atoms with Gasteiger partial charge in [-0.25, -0.2) is 9.97 Å². The van der Waals surface area contributed by atoms with Crippen molar-refractivity contribution in [3.63, 3.8) is 0 Å². The van der Waals surface area contributed by atoms with Crippen molar-refractivity contribution in [3.05, 3.63) is 97.0 Å². The normalized spacial score (nSPS) is 13.4. The topological polar surface area (TPSA) is 72.7 Å². The third kappa shape index (κ3) is 5.33. The van der Waals surface area contributed by atoms with E-state index in [0.29, 0.717) is 38.3 Å². The molecular weight excluding hydrogens is 514 g/mol. The highest BCUT2D eigenvalue weighted by Crippen LogP contribution is 2.37. The van der Waals surface area contributed by atoms with Crippen LogP contribution in [0.25, 0.3) is 27.8 Å². The number of ether oxygens (including phenoxy) is 2. The molecule has 1 aliphatic heterocycles. The summed E-state index contributed by atoms with van der Waals surface area (Å²) in [4.78, 5) is 26.9. The molecule has 3 aromatic carbocycles. The number of hydrogen-bond donors (Lipinski definition) is 0. The summed E-state index contributed by atoms with van der Waals surface area (Å²) in [6.07, 6.45) is 4.70. The highest BCUT2D eigenvalue weighted by molar-refractivity contribution is 6.02. The molecule has 1 amide bonds. The summed E-state index contributed by atoms with van der Waals surface area (Å²) in [6.45, 7) is 5.30. The first-order valence-corrected chi connectivity index (χ1v) is 14.0. The third-order valence-corrected chi connectivity index (χ3v) is 7.42. The monoisotopic (exact) mass is 547 g/mol. The van der Waals surface area contributed by atoms with E-state index in [2.05, 4.69) is 34.7 Å². The molecule has 41 heavy (non-hydrogen) atoms. The number of amides is 1. The number of carbonyl (C=O) groups is 1. The standard InChI is InChI=1S/C33H33N5O3/c1-3-20-41-27-14-12-25(13-15-27)33(39)37-18-16-36(17-19-37)31-30-29(24-8-5-4-6-9-24)22-38(32(30)35-23-34-31)26-10-7-11-28(21-26)40-2/h4-15,21-23H,3,16-20H2,1-2H3. The second kappa shape index (κ2) is 11.7. The van der Waals surface area contributed by atoms with Crippen LogP contribution in [0.1, 0.15) is 23.7 Å². The van der Waals surface area contributed by atoms with Gasteiger partial charge in [-0.3, -0.25) is 4.79 Å². The molecule has 208 valence electrons. The molecule has 3 heterocycles. The van der Waals surface area contributed by atoms with E-state index < -0.39 is 0 Å². The van der Waals surface area contributed by atoms with Crippen molar-refractivity contribution in [1.82, 2.24) is 19.4 Å². The van der Waals surface area contributed by atoms with Gasteiger partial charge in [0.05, 0.1) is 24.8 Å². The molecule has 8 nitrogen and oxygen atoms in total. The average Bonchev–Trinajstić information content (AvgIpc) is 3.44. The minimum atomic E-state index is 0.0358. The fourth-order valence-corrected chi connectivity index (χ4v) is 5.30. The smallest absolute Gasteiger partial charge is 0.253 e. The molecule has 2 aromatic heterocycles. The van der Waals surface area contributed by atoms with Crippen LogP contribution in [0.3, 0.4) is 0 Å². The van der Waals surface area contributed by atoms with Gasteiger partial charge in [0.25, 0.3) is 5.91 Å². The molecule has 1 fully saturated rings. The van der Waals surface area contributed by atoms with Crippen molar-refractivity contribution in [2.45, 2.75) is 13.3 Å². The molecule has 8 heteroatoms. The number of carbonyl (C=O) groups excluding carboxylic acids is 1. The minimum Gasteiger partial charge on any atom is -0.497 e. The van der Waals surface area contributed by atoms with Crippen LogP contribution in [-0.2, 0) is 0 Å². The van der Waals surface area contributed by atoms with Gasteiger partial charge in [-0.05, 0) is 48.4 Å². The van der Waals surface area contributed by atoms with Crippen molar-refractivity contribution in [2.24, 2.45) is 0 Å². The maximum Gasteiger partial charge on any atom is 0.253 e. The maximum atomic E-state index is 13.3. The molecular formula is C33H33N5O3. The highest BCUT2D eigenvalue weighted by Gasteiger charge is 2.26. The first kappa shape index (κ1) is 26.4. The zero-order valence-corrected chi connectivity index (χ0v) is 23.4. The Balaban J connectivity index is 1.30. The van der Waals surface area contributed by atoms with Gasteiger partial charge in [-0.2, -0.15) is 0 Å². The Bertz CT molecular complexity index is 1640. The van der Waals surface area contributed by atoms with Crippen molar-refractivity contribution < 1.29 is 14.3 Å². The number of rotatable bonds is 8. The Kier molecular flexibility index (Phi) is 7.54. The van der Waals surface area contributed by atoms with E-state index in [1.54, 1.807) is 13.4 Å². The Morgan fingerprint density at radius 1 is 0.878 bits per heavy atom. The Labute approximate surface area is 239 Å². The predicted octanol–water partition coefficient (Wildman–Crippen LogP) is 5.85. The van der Waals surface area contributed by atoms with E-state index in [1.165, 1.54) is 0 Å². The SMILES string of the molecule is CCCOc1ccc(C(=O)N2CCN(c3ncnc4c3c(-c3ccccc3)cn4-c3cccc(OC)c3)CC2)cc1. The first-order chi connectivity index (χ1) is 20.2. The summed E-state index contributed by atoms with van der Waals surface area (Å²) >= 11 is 0. The van der Waals surface area contributed by atoms with Gasteiger partial charge >= 0.3 is 0 Å². The van der Waals surface area contributed by atoms with Crippen LogP contribution in [0, 0.1) is 0 Å². The third-order valence-electron chi connectivity index (χ3n) is 7.42. The molecule has 1 aliphatic rings. The number of fused-ring (bicyclic) bond motifs is 1. The fraction of sp³-hybridized carbons (Fsp3) is 0.242. The Hall–Kier alpha value is -4.85. The molecule has 0 N–H and O–H groups in total. The van der Waals surface area contributed by atoms with Crippen LogP contribution >= 0.6 is 0 Å². The number of benzene rings is 3. The van der Waals surface area contributed by atoms with Crippen molar-refractivity contribution >= 4 is 22.8 Å². The largest absolute Gasteiger partial charge is 0.497 e. The minimum absolute atomic E-state index is 0.0358. The molecule has 0 aliphatic carbocycles. The number of aromatic nitrogens is 3. The molecule has 0 unspecified atom stereocenters. The fourth-order valence-electron chi connectivity index (χ4n) is 5.30. The summed E-state index contributed by atoms with van der Waals surface area (Å²) in [5.74, 6) is 2.48. The number of piperazine rings is 1. The van der Waals surface area contributed by atoms with Gasteiger partial charge in [0.1, 0.15) is 23.6 Å². The average molecular weight is 548 g/mol. The summed E-state index contributed by atoms with van der Waals surface area (Å²) in [6, 6.07) is 25.7. The van der Waals surface area contributed by atoms with E-state index in [4.69, 9.17) is 19.4 Å². The lowest BCUT2D eigenvalue weighted by Gasteiger charge is -2.35. The van der Waals surface area contributed by atoms with Crippen LogP contribution in [-0.4, -0.2) is 65.2 Å². The van der Waals surface area contributed by atoms with Crippen molar-refractivity contribution in [2.75, 3.05) is 44.8 Å². The number of nitrogens with zero attached hydrogens (tertiary/aromatic N) is 5. The zero-order chi connectivity index (χ0) is 28.2. The number of hydrogen-bond acceptors (Lipinski definition) is 6. The van der Waals surface area contributed by atoms with Gasteiger partial charge in [0, 0.05) is 49.6 Å². The van der Waals surface area contributed by atoms with Crippen LogP contribution in [0.4, 0.5) is 5.82 Å². The summed E-state index contributed by atoms with van der Waals surface area (Å²) < 4.78 is 13.2. The van der Waals surface area contributed by atoms with Crippen LogP contribution in [0.5, 0.6) is 11.5 Å². The van der Waals surface area contributed by atoms with E-state index in [1.807, 2.05) is 71.6 Å². The lowest BCUT2D eigenvalue weighted by Crippen LogP contribution is -2.49. The van der Waals surface area contributed by atoms with Crippen LogP contribution in [0.2, 0.25) is 0 Å². The molecule has 0 spiro atoms. The molecule has 0 atom stereocenters. The van der Waals surface area contributed by atoms with Crippen LogP contribution in [0.15, 0.2) is 91.4 Å². The predicted molar refractivity (Wildman–Crippen MR) is 161 cm³/mol. The highest BCUT2D eigenvalue weighted by atomic mass is 16.5. The molecule has 0 saturated carbocycles. The van der Waals surface area contributed by atoms with Crippen molar-refractivity contribution in [1.29, 1.82) is 0 Å². The Morgan fingerprint density at radius 3 is 2.39 bits per heavy atom. The van der Waals surface area contributed by atoms with E-state index >= 15 is 0 Å². The Morgan fingerprint density at radius 2 is 1.66 bits per heavy atom. The maximum absolute atomic E-state index is 13.3. The number of methoxy groups -OCH3 is 1. The van der Waals surface area contributed by atoms with Gasteiger partial charge in [0.2, 0.25) is 0 Å². The van der Waals surface area contributed by atoms with Crippen molar-refractivity contribution in [3.8, 4) is 28.3 Å². The van der Waals surface area contributed by atoms with Gasteiger partial charge in [0.15, 0.2) is 5.65 Å². The molecule has 0 bridgehead atoms. The quantitative estimate of drug-likeness (QED) is 0.243. The molecule has 6 rings (SSSR count). The van der Waals surface area contributed by atoms with E-state index in [0.717, 1.165) is 51.6 Å². The van der Waals surface area contributed by atoms with Gasteiger partial charge in [-0.15, -0.1) is 0 Å². The lowest BCUT2D eigenvalue weighted by molar-refractivity contribution is 0.0746. The summed E-state index contributed by atoms with van der Waals surface area (Å²) in [5.41, 5.74) is 4.61. The van der Waals surface area contributed by atoms with Gasteiger partial charge in [-0.1, -0.05) is 43.3 Å². The first-order valence-electron chi connectivity index (χ1n) is 14.0. The summed E-state index contributed by atoms with van der Waals surface area (Å²) in [7, 11) is 1.67. The van der Waals surface area contributed by atoms with Crippen LogP contribution < -0.4 is 14.4 Å². The summed E-state index contributed by atoms with van der Waals surface area (Å²) in [5, 5.41) is 0.990. The lowest BCUT2D eigenvalue weighted by atomic mass is 10.1. The molecule has 5 aromatic rings. The second-order valence-corrected chi connectivity index (χ2v) is 10.0. The molecule has 1 saturated heterocycles. The molecule has 0 radical (unpaired) electrons. The van der Waals surface area contributed by atoms with E-state index in [-0.39, 0.29) is 5.91 Å². The second-order valence-electron chi connectivity index (χ2n) is 10.0. The van der Waals surface area contributed by atoms with E-state index in [9.17, 15) is 4.79 Å².